The van der Waals surface area contributed by atoms with Crippen LogP contribution in [0.1, 0.15) is 5.56 Å². The van der Waals surface area contributed by atoms with E-state index in [1.165, 1.54) is 25.3 Å². The predicted molar refractivity (Wildman–Crippen MR) is 93.1 cm³/mol. The third-order valence-corrected chi connectivity index (χ3v) is 3.78. The lowest BCUT2D eigenvalue weighted by Crippen LogP contribution is -2.16. The second-order valence-corrected chi connectivity index (χ2v) is 5.58. The first-order valence-electron chi connectivity index (χ1n) is 7.49. The number of methoxy groups -OCH3 is 1. The summed E-state index contributed by atoms with van der Waals surface area (Å²) in [7, 11) is 1.52. The summed E-state index contributed by atoms with van der Waals surface area (Å²) in [5.74, 6) is 0.433. The standard InChI is InChI=1S/C18H15ClFNO4/c1-23-14-9-11(10-15-18(14)25-8-7-24-15)5-6-16(22)21-13-4-2-3-12(19)17(13)20/h2-6,9-10H,7-8H2,1H3,(H,21,22)/b6-5+. The number of carbonyl (C=O) groups excluding carboxylic acids is 1. The van der Waals surface area contributed by atoms with Gasteiger partial charge in [0.05, 0.1) is 17.8 Å². The lowest BCUT2D eigenvalue weighted by molar-refractivity contribution is -0.111. The van der Waals surface area contributed by atoms with Crippen LogP contribution in [0.25, 0.3) is 6.08 Å². The van der Waals surface area contributed by atoms with Gasteiger partial charge < -0.3 is 19.5 Å². The van der Waals surface area contributed by atoms with Crippen LogP contribution < -0.4 is 19.5 Å². The molecule has 0 spiro atoms. The Bertz CT molecular complexity index is 821. The van der Waals surface area contributed by atoms with Crippen LogP contribution in [0.4, 0.5) is 10.1 Å². The van der Waals surface area contributed by atoms with Crippen molar-refractivity contribution in [2.75, 3.05) is 25.6 Å². The Morgan fingerprint density at radius 1 is 1.32 bits per heavy atom. The lowest BCUT2D eigenvalue weighted by Gasteiger charge is -2.20. The van der Waals surface area contributed by atoms with Crippen LogP contribution in [0.5, 0.6) is 17.2 Å². The van der Waals surface area contributed by atoms with Gasteiger partial charge in [-0.25, -0.2) is 4.39 Å². The van der Waals surface area contributed by atoms with Crippen LogP contribution in [-0.4, -0.2) is 26.2 Å². The van der Waals surface area contributed by atoms with Crippen molar-refractivity contribution < 1.29 is 23.4 Å². The normalized spacial score (nSPS) is 12.9. The van der Waals surface area contributed by atoms with E-state index >= 15 is 0 Å². The van der Waals surface area contributed by atoms with Gasteiger partial charge in [-0.15, -0.1) is 0 Å². The maximum Gasteiger partial charge on any atom is 0.248 e. The Morgan fingerprint density at radius 3 is 2.92 bits per heavy atom. The quantitative estimate of drug-likeness (QED) is 0.837. The van der Waals surface area contributed by atoms with E-state index in [-0.39, 0.29) is 10.7 Å². The minimum absolute atomic E-state index is 0.0157. The molecule has 7 heteroatoms. The van der Waals surface area contributed by atoms with Crippen LogP contribution in [-0.2, 0) is 4.79 Å². The summed E-state index contributed by atoms with van der Waals surface area (Å²) in [4.78, 5) is 12.0. The number of rotatable bonds is 4. The number of halogens is 2. The van der Waals surface area contributed by atoms with E-state index in [1.54, 1.807) is 24.3 Å². The Labute approximate surface area is 149 Å². The van der Waals surface area contributed by atoms with Crippen molar-refractivity contribution in [3.63, 3.8) is 0 Å². The van der Waals surface area contributed by atoms with E-state index in [1.807, 2.05) is 0 Å². The molecule has 2 aromatic rings. The molecule has 0 aromatic heterocycles. The number of carbonyl (C=O) groups is 1. The fourth-order valence-electron chi connectivity index (χ4n) is 2.34. The number of amides is 1. The van der Waals surface area contributed by atoms with Gasteiger partial charge in [0.1, 0.15) is 13.2 Å². The fourth-order valence-corrected chi connectivity index (χ4v) is 2.51. The Morgan fingerprint density at radius 2 is 2.12 bits per heavy atom. The Hall–Kier alpha value is -2.73. The minimum atomic E-state index is -0.674. The maximum atomic E-state index is 13.8. The summed E-state index contributed by atoms with van der Waals surface area (Å²) in [6, 6.07) is 7.85. The smallest absolute Gasteiger partial charge is 0.248 e. The molecule has 0 fully saturated rings. The molecular formula is C18H15ClFNO4. The summed E-state index contributed by atoms with van der Waals surface area (Å²) in [6.07, 6.45) is 2.85. The second-order valence-electron chi connectivity index (χ2n) is 5.17. The number of hydrogen-bond acceptors (Lipinski definition) is 4. The third-order valence-electron chi connectivity index (χ3n) is 3.49. The minimum Gasteiger partial charge on any atom is -0.493 e. The van der Waals surface area contributed by atoms with E-state index in [0.717, 1.165) is 0 Å². The first kappa shape index (κ1) is 17.1. The zero-order chi connectivity index (χ0) is 17.8. The monoisotopic (exact) mass is 363 g/mol. The van der Waals surface area contributed by atoms with Gasteiger partial charge in [-0.3, -0.25) is 4.79 Å². The third kappa shape index (κ3) is 3.85. The Balaban J connectivity index is 1.77. The lowest BCUT2D eigenvalue weighted by atomic mass is 10.1. The second kappa shape index (κ2) is 7.44. The highest BCUT2D eigenvalue weighted by molar-refractivity contribution is 6.31. The van der Waals surface area contributed by atoms with Gasteiger partial charge in [0, 0.05) is 6.08 Å². The van der Waals surface area contributed by atoms with Crippen LogP contribution in [0.3, 0.4) is 0 Å². The van der Waals surface area contributed by atoms with Gasteiger partial charge in [0.25, 0.3) is 0 Å². The van der Waals surface area contributed by atoms with Gasteiger partial charge in [0.15, 0.2) is 17.3 Å². The molecule has 0 saturated carbocycles. The fraction of sp³-hybridized carbons (Fsp3) is 0.167. The van der Waals surface area contributed by atoms with E-state index in [9.17, 15) is 9.18 Å². The van der Waals surface area contributed by atoms with Crippen LogP contribution in [0, 0.1) is 5.82 Å². The molecule has 5 nitrogen and oxygen atoms in total. The zero-order valence-corrected chi connectivity index (χ0v) is 14.1. The van der Waals surface area contributed by atoms with Crippen molar-refractivity contribution >= 4 is 29.3 Å². The number of fused-ring (bicyclic) bond motifs is 1. The average molecular weight is 364 g/mol. The van der Waals surface area contributed by atoms with Crippen LogP contribution >= 0.6 is 11.6 Å². The van der Waals surface area contributed by atoms with Gasteiger partial charge in [-0.05, 0) is 35.9 Å². The molecule has 0 saturated heterocycles. The van der Waals surface area contributed by atoms with Crippen molar-refractivity contribution in [3.05, 3.63) is 52.8 Å². The molecule has 2 aromatic carbocycles. The van der Waals surface area contributed by atoms with E-state index in [4.69, 9.17) is 25.8 Å². The average Bonchev–Trinajstić information content (AvgIpc) is 2.63. The van der Waals surface area contributed by atoms with Gasteiger partial charge >= 0.3 is 0 Å². The number of ether oxygens (including phenoxy) is 3. The zero-order valence-electron chi connectivity index (χ0n) is 13.3. The molecule has 130 valence electrons. The molecular weight excluding hydrogens is 349 g/mol. The molecule has 25 heavy (non-hydrogen) atoms. The van der Waals surface area contributed by atoms with Crippen molar-refractivity contribution in [1.82, 2.24) is 0 Å². The molecule has 1 aliphatic rings. The maximum absolute atomic E-state index is 13.8. The summed E-state index contributed by atoms with van der Waals surface area (Å²) in [5, 5.41) is 2.38. The predicted octanol–water partition coefficient (Wildman–Crippen LogP) is 3.91. The summed E-state index contributed by atoms with van der Waals surface area (Å²) < 4.78 is 30.1. The van der Waals surface area contributed by atoms with Crippen molar-refractivity contribution in [1.29, 1.82) is 0 Å². The molecule has 3 rings (SSSR count). The number of hydrogen-bond donors (Lipinski definition) is 1. The molecule has 0 bridgehead atoms. The number of nitrogens with one attached hydrogen (secondary N) is 1. The largest absolute Gasteiger partial charge is 0.493 e. The Kier molecular flexibility index (Phi) is 5.09. The summed E-state index contributed by atoms with van der Waals surface area (Å²) in [5.41, 5.74) is 0.699. The molecule has 0 unspecified atom stereocenters. The highest BCUT2D eigenvalue weighted by Crippen LogP contribution is 2.40. The molecule has 1 amide bonds. The number of anilines is 1. The SMILES string of the molecule is COc1cc(/C=C/C(=O)Nc2cccc(Cl)c2F)cc2c1OCCO2. The molecule has 1 heterocycles. The van der Waals surface area contributed by atoms with Gasteiger partial charge in [-0.2, -0.15) is 0 Å². The topological polar surface area (TPSA) is 56.8 Å². The highest BCUT2D eigenvalue weighted by atomic mass is 35.5. The first-order valence-corrected chi connectivity index (χ1v) is 7.87. The van der Waals surface area contributed by atoms with E-state index in [2.05, 4.69) is 5.32 Å². The van der Waals surface area contributed by atoms with Crippen LogP contribution in [0.2, 0.25) is 5.02 Å². The molecule has 0 aliphatic carbocycles. The van der Waals surface area contributed by atoms with Crippen molar-refractivity contribution in [2.24, 2.45) is 0 Å². The summed E-state index contributed by atoms with van der Waals surface area (Å²) in [6.45, 7) is 0.893. The highest BCUT2D eigenvalue weighted by Gasteiger charge is 2.17. The first-order chi connectivity index (χ1) is 12.1. The van der Waals surface area contributed by atoms with Crippen molar-refractivity contribution in [2.45, 2.75) is 0 Å². The van der Waals surface area contributed by atoms with Crippen molar-refractivity contribution in [3.8, 4) is 17.2 Å². The van der Waals surface area contributed by atoms with Gasteiger partial charge in [0.2, 0.25) is 11.7 Å². The van der Waals surface area contributed by atoms with E-state index in [0.29, 0.717) is 36.0 Å². The molecule has 0 atom stereocenters. The number of benzene rings is 2. The molecule has 0 radical (unpaired) electrons. The summed E-state index contributed by atoms with van der Waals surface area (Å²) >= 11 is 5.69. The molecule has 1 aliphatic heterocycles. The van der Waals surface area contributed by atoms with Gasteiger partial charge in [-0.1, -0.05) is 17.7 Å². The van der Waals surface area contributed by atoms with E-state index < -0.39 is 11.7 Å². The molecule has 1 N–H and O–H groups in total. The van der Waals surface area contributed by atoms with Crippen LogP contribution in [0.15, 0.2) is 36.4 Å².